The van der Waals surface area contributed by atoms with Crippen molar-refractivity contribution in [1.82, 2.24) is 14.3 Å². The summed E-state index contributed by atoms with van der Waals surface area (Å²) in [6.45, 7) is 6.74. The molecule has 1 aliphatic heterocycles. The second-order valence-corrected chi connectivity index (χ2v) is 7.48. The van der Waals surface area contributed by atoms with Crippen molar-refractivity contribution < 1.29 is 8.42 Å². The number of hydrogen-bond acceptors (Lipinski definition) is 5. The predicted octanol–water partition coefficient (Wildman–Crippen LogP) is 2.25. The quantitative estimate of drug-likeness (QED) is 0.902. The van der Waals surface area contributed by atoms with E-state index in [0.29, 0.717) is 5.95 Å². The first-order valence-electron chi connectivity index (χ1n) is 7.56. The van der Waals surface area contributed by atoms with E-state index in [4.69, 9.17) is 0 Å². The Hall–Kier alpha value is -1.21. The van der Waals surface area contributed by atoms with Gasteiger partial charge in [0.2, 0.25) is 16.0 Å². The molecule has 6 nitrogen and oxygen atoms in total. The number of nitrogens with one attached hydrogen (secondary N) is 1. The number of aromatic nitrogens is 2. The van der Waals surface area contributed by atoms with E-state index in [2.05, 4.69) is 15.3 Å². The molecule has 0 saturated carbocycles. The molecule has 2 rings (SSSR count). The van der Waals surface area contributed by atoms with Crippen LogP contribution in [0.25, 0.3) is 0 Å². The van der Waals surface area contributed by atoms with Crippen LogP contribution in [-0.4, -0.2) is 41.3 Å². The second kappa shape index (κ2) is 6.70. The van der Waals surface area contributed by atoms with Crippen molar-refractivity contribution in [1.29, 1.82) is 0 Å². The van der Waals surface area contributed by atoms with Gasteiger partial charge >= 0.3 is 0 Å². The van der Waals surface area contributed by atoms with E-state index in [1.807, 2.05) is 20.8 Å². The second-order valence-electron chi connectivity index (χ2n) is 5.63. The minimum atomic E-state index is -3.52. The van der Waals surface area contributed by atoms with Crippen LogP contribution in [0.3, 0.4) is 0 Å². The Morgan fingerprint density at radius 2 is 1.81 bits per heavy atom. The van der Waals surface area contributed by atoms with E-state index in [1.54, 1.807) is 4.31 Å². The predicted molar refractivity (Wildman–Crippen MR) is 82.6 cm³/mol. The average Bonchev–Trinajstić information content (AvgIpc) is 2.45. The third kappa shape index (κ3) is 3.52. The fraction of sp³-hybridized carbons (Fsp3) is 0.714. The lowest BCUT2D eigenvalue weighted by Crippen LogP contribution is -2.47. The summed E-state index contributed by atoms with van der Waals surface area (Å²) in [5.74, 6) is 0.468. The van der Waals surface area contributed by atoms with Gasteiger partial charge < -0.3 is 5.32 Å². The van der Waals surface area contributed by atoms with Crippen molar-refractivity contribution >= 4 is 16.0 Å². The first-order valence-corrected chi connectivity index (χ1v) is 9.00. The van der Waals surface area contributed by atoms with Crippen LogP contribution in [-0.2, 0) is 10.0 Å². The zero-order valence-corrected chi connectivity index (χ0v) is 13.7. The zero-order valence-electron chi connectivity index (χ0n) is 12.9. The lowest BCUT2D eigenvalue weighted by atomic mass is 10.0. The molecule has 21 heavy (non-hydrogen) atoms. The van der Waals surface area contributed by atoms with E-state index in [1.165, 1.54) is 12.4 Å². The van der Waals surface area contributed by atoms with Gasteiger partial charge in [0.05, 0.1) is 12.4 Å². The molecule has 0 unspecified atom stereocenters. The number of piperidine rings is 1. The number of nitrogens with zero attached hydrogens (tertiary/aromatic N) is 3. The summed E-state index contributed by atoms with van der Waals surface area (Å²) in [7, 11) is -3.52. The third-order valence-corrected chi connectivity index (χ3v) is 5.93. The molecule has 0 amide bonds. The molecular formula is C14H24N4O2S. The van der Waals surface area contributed by atoms with E-state index in [-0.39, 0.29) is 17.0 Å². The van der Waals surface area contributed by atoms with Crippen molar-refractivity contribution in [2.75, 3.05) is 11.9 Å². The largest absolute Gasteiger partial charge is 0.354 e. The van der Waals surface area contributed by atoms with E-state index >= 15 is 0 Å². The fourth-order valence-corrected chi connectivity index (χ4v) is 4.54. The molecule has 0 spiro atoms. The smallest absolute Gasteiger partial charge is 0.246 e. The maximum absolute atomic E-state index is 12.8. The molecule has 0 radical (unpaired) electrons. The van der Waals surface area contributed by atoms with Crippen LogP contribution < -0.4 is 5.32 Å². The normalized spacial score (nSPS) is 24.0. The summed E-state index contributed by atoms with van der Waals surface area (Å²) in [5, 5.41) is 3.04. The summed E-state index contributed by atoms with van der Waals surface area (Å²) in [6, 6.07) is 0.0493. The molecule has 1 aliphatic rings. The first-order chi connectivity index (χ1) is 9.96. The van der Waals surface area contributed by atoms with Crippen LogP contribution in [0.15, 0.2) is 17.3 Å². The molecule has 1 aromatic rings. The van der Waals surface area contributed by atoms with Crippen molar-refractivity contribution in [3.05, 3.63) is 12.4 Å². The molecule has 1 fully saturated rings. The van der Waals surface area contributed by atoms with Gasteiger partial charge in [0.25, 0.3) is 0 Å². The summed E-state index contributed by atoms with van der Waals surface area (Å²) >= 11 is 0. The third-order valence-electron chi connectivity index (χ3n) is 3.85. The Morgan fingerprint density at radius 1 is 1.24 bits per heavy atom. The van der Waals surface area contributed by atoms with Crippen LogP contribution in [0, 0.1) is 0 Å². The lowest BCUT2D eigenvalue weighted by molar-refractivity contribution is 0.204. The monoisotopic (exact) mass is 312 g/mol. The van der Waals surface area contributed by atoms with Gasteiger partial charge in [-0.25, -0.2) is 18.4 Å². The van der Waals surface area contributed by atoms with Crippen molar-refractivity contribution in [2.45, 2.75) is 63.4 Å². The highest BCUT2D eigenvalue weighted by atomic mass is 32.2. The van der Waals surface area contributed by atoms with Gasteiger partial charge in [-0.05, 0) is 33.1 Å². The van der Waals surface area contributed by atoms with Gasteiger partial charge in [0.15, 0.2) is 0 Å². The van der Waals surface area contributed by atoms with Crippen LogP contribution >= 0.6 is 0 Å². The molecule has 0 aliphatic carbocycles. The molecule has 1 N–H and O–H groups in total. The number of rotatable bonds is 5. The maximum Gasteiger partial charge on any atom is 0.246 e. The molecule has 0 aromatic carbocycles. The molecule has 118 valence electrons. The van der Waals surface area contributed by atoms with E-state index in [0.717, 1.165) is 32.2 Å². The van der Waals surface area contributed by atoms with Crippen molar-refractivity contribution in [2.24, 2.45) is 0 Å². The lowest BCUT2D eigenvalue weighted by Gasteiger charge is -2.37. The average molecular weight is 312 g/mol. The highest BCUT2D eigenvalue weighted by Gasteiger charge is 2.35. The molecule has 2 heterocycles. The summed E-state index contributed by atoms with van der Waals surface area (Å²) < 4.78 is 27.1. The van der Waals surface area contributed by atoms with Gasteiger partial charge in [-0.15, -0.1) is 0 Å². The van der Waals surface area contributed by atoms with Crippen molar-refractivity contribution in [3.63, 3.8) is 0 Å². The van der Waals surface area contributed by atoms with Gasteiger partial charge in [-0.1, -0.05) is 13.3 Å². The van der Waals surface area contributed by atoms with Crippen molar-refractivity contribution in [3.8, 4) is 0 Å². The minimum Gasteiger partial charge on any atom is -0.354 e. The summed E-state index contributed by atoms with van der Waals surface area (Å²) in [5.41, 5.74) is 0. The van der Waals surface area contributed by atoms with E-state index in [9.17, 15) is 8.42 Å². The van der Waals surface area contributed by atoms with E-state index < -0.39 is 10.0 Å². The van der Waals surface area contributed by atoms with Crippen LogP contribution in [0.1, 0.15) is 46.5 Å². The topological polar surface area (TPSA) is 75.2 Å². The number of sulfonamides is 1. The first kappa shape index (κ1) is 16.2. The minimum absolute atomic E-state index is 0.0247. The van der Waals surface area contributed by atoms with Gasteiger partial charge in [0, 0.05) is 18.6 Å². The standard InChI is InChI=1S/C14H24N4O2S/c1-4-8-15-14-16-9-13(10-17-14)21(19,20)18-11(2)6-5-7-12(18)3/h9-12H,4-8H2,1-3H3,(H,15,16,17)/t11-,12+. The molecule has 1 saturated heterocycles. The Kier molecular flexibility index (Phi) is 5.16. The SMILES string of the molecule is CCCNc1ncc(S(=O)(=O)N2[C@H](C)CCC[C@@H]2C)cn1. The highest BCUT2D eigenvalue weighted by Crippen LogP contribution is 2.29. The summed E-state index contributed by atoms with van der Waals surface area (Å²) in [6.07, 6.45) is 6.64. The number of anilines is 1. The molecule has 0 bridgehead atoms. The Bertz CT molecular complexity index is 549. The van der Waals surface area contributed by atoms with Crippen LogP contribution in [0.2, 0.25) is 0 Å². The van der Waals surface area contributed by atoms with Crippen LogP contribution in [0.5, 0.6) is 0 Å². The molecular weight excluding hydrogens is 288 g/mol. The molecule has 2 atom stereocenters. The highest BCUT2D eigenvalue weighted by molar-refractivity contribution is 7.89. The Balaban J connectivity index is 2.22. The zero-order chi connectivity index (χ0) is 15.5. The molecule has 1 aromatic heterocycles. The van der Waals surface area contributed by atoms with Gasteiger partial charge in [-0.3, -0.25) is 0 Å². The Morgan fingerprint density at radius 3 is 2.33 bits per heavy atom. The van der Waals surface area contributed by atoms with Gasteiger partial charge in [0.1, 0.15) is 4.90 Å². The number of hydrogen-bond donors (Lipinski definition) is 1. The maximum atomic E-state index is 12.8. The Labute approximate surface area is 127 Å². The fourth-order valence-electron chi connectivity index (χ4n) is 2.77. The molecule has 7 heteroatoms. The van der Waals surface area contributed by atoms with Crippen LogP contribution in [0.4, 0.5) is 5.95 Å². The van der Waals surface area contributed by atoms with Gasteiger partial charge in [-0.2, -0.15) is 4.31 Å². The summed E-state index contributed by atoms with van der Waals surface area (Å²) in [4.78, 5) is 8.37.